The molecule has 0 amide bonds. The summed E-state index contributed by atoms with van der Waals surface area (Å²) in [5.41, 5.74) is 0. The number of hydrogen-bond donors (Lipinski definition) is 1. The standard InChI is InChI=1S/C7H15NOS/c1-5(7(9)10)6(2)8(3)4/h5-6H,1-4H3,(H,9,10). The first-order valence-electron chi connectivity index (χ1n) is 3.36. The Hall–Kier alpha value is -0.150. The first-order chi connectivity index (χ1) is 4.46. The van der Waals surface area contributed by atoms with Crippen LogP contribution in [0.3, 0.4) is 0 Å². The summed E-state index contributed by atoms with van der Waals surface area (Å²) < 4.78 is 0. The molecule has 10 heavy (non-hydrogen) atoms. The van der Waals surface area contributed by atoms with Crippen molar-refractivity contribution in [2.45, 2.75) is 19.9 Å². The molecule has 0 aromatic heterocycles. The maximum atomic E-state index is 8.94. The van der Waals surface area contributed by atoms with Crippen molar-refractivity contribution >= 4 is 17.3 Å². The van der Waals surface area contributed by atoms with E-state index in [4.69, 9.17) is 5.11 Å². The van der Waals surface area contributed by atoms with Gasteiger partial charge in [-0.2, -0.15) is 0 Å². The van der Waals surface area contributed by atoms with E-state index in [2.05, 4.69) is 12.2 Å². The van der Waals surface area contributed by atoms with Gasteiger partial charge in [-0.1, -0.05) is 6.92 Å². The van der Waals surface area contributed by atoms with Gasteiger partial charge in [-0.15, -0.1) is 0 Å². The van der Waals surface area contributed by atoms with Gasteiger partial charge >= 0.3 is 0 Å². The summed E-state index contributed by atoms with van der Waals surface area (Å²) in [6.07, 6.45) is 0. The number of aliphatic hydroxyl groups excluding tert-OH is 1. The fourth-order valence-electron chi connectivity index (χ4n) is 0.654. The first-order valence-corrected chi connectivity index (χ1v) is 3.77. The molecule has 0 aromatic carbocycles. The van der Waals surface area contributed by atoms with Crippen molar-refractivity contribution in [2.24, 2.45) is 5.92 Å². The van der Waals surface area contributed by atoms with Crippen LogP contribution in [0.15, 0.2) is 0 Å². The van der Waals surface area contributed by atoms with Crippen LogP contribution in [0.4, 0.5) is 0 Å². The molecule has 0 rings (SSSR count). The summed E-state index contributed by atoms with van der Waals surface area (Å²) in [5, 5.41) is 9.04. The molecule has 0 radical (unpaired) electrons. The second-order valence-electron chi connectivity index (χ2n) is 2.83. The third-order valence-electron chi connectivity index (χ3n) is 1.93. The van der Waals surface area contributed by atoms with Crippen molar-refractivity contribution in [3.63, 3.8) is 0 Å². The third-order valence-corrected chi connectivity index (χ3v) is 2.30. The van der Waals surface area contributed by atoms with Crippen molar-refractivity contribution in [3.05, 3.63) is 0 Å². The molecule has 0 saturated heterocycles. The van der Waals surface area contributed by atoms with Crippen molar-refractivity contribution in [1.29, 1.82) is 0 Å². The molecule has 2 nitrogen and oxygen atoms in total. The number of nitrogens with zero attached hydrogens (tertiary/aromatic N) is 1. The Labute approximate surface area is 67.8 Å². The molecule has 2 atom stereocenters. The Kier molecular flexibility index (Phi) is 3.83. The van der Waals surface area contributed by atoms with Crippen molar-refractivity contribution in [3.8, 4) is 0 Å². The zero-order valence-corrected chi connectivity index (χ0v) is 7.77. The maximum absolute atomic E-state index is 8.94. The molecule has 0 bridgehead atoms. The van der Waals surface area contributed by atoms with Gasteiger partial charge in [-0.05, 0) is 33.2 Å². The predicted molar refractivity (Wildman–Crippen MR) is 47.5 cm³/mol. The van der Waals surface area contributed by atoms with E-state index in [1.54, 1.807) is 0 Å². The lowest BCUT2D eigenvalue weighted by Crippen LogP contribution is -2.34. The third kappa shape index (κ3) is 2.62. The van der Waals surface area contributed by atoms with Gasteiger partial charge in [-0.25, -0.2) is 0 Å². The smallest absolute Gasteiger partial charge is 0.160 e. The van der Waals surface area contributed by atoms with Gasteiger partial charge in [0.15, 0.2) is 5.05 Å². The Balaban J connectivity index is 3.94. The van der Waals surface area contributed by atoms with E-state index in [1.807, 2.05) is 32.8 Å². The minimum Gasteiger partial charge on any atom is -0.502 e. The fraction of sp³-hybridized carbons (Fsp3) is 0.857. The predicted octanol–water partition coefficient (Wildman–Crippen LogP) is 1.46. The van der Waals surface area contributed by atoms with Crippen LogP contribution in [0.2, 0.25) is 0 Å². The second kappa shape index (κ2) is 3.88. The van der Waals surface area contributed by atoms with E-state index in [-0.39, 0.29) is 11.0 Å². The number of hydrogen-bond acceptors (Lipinski definition) is 2. The molecule has 2 unspecified atom stereocenters. The van der Waals surface area contributed by atoms with Gasteiger partial charge in [0.25, 0.3) is 0 Å². The Morgan fingerprint density at radius 3 is 1.90 bits per heavy atom. The van der Waals surface area contributed by atoms with Gasteiger partial charge in [0.05, 0.1) is 0 Å². The van der Waals surface area contributed by atoms with Gasteiger partial charge < -0.3 is 10.0 Å². The van der Waals surface area contributed by atoms with Crippen molar-refractivity contribution in [1.82, 2.24) is 4.90 Å². The van der Waals surface area contributed by atoms with Crippen molar-refractivity contribution < 1.29 is 5.11 Å². The summed E-state index contributed by atoms with van der Waals surface area (Å²) in [6.45, 7) is 3.96. The van der Waals surface area contributed by atoms with Gasteiger partial charge in [0.1, 0.15) is 0 Å². The van der Waals surface area contributed by atoms with Crippen LogP contribution in [-0.2, 0) is 0 Å². The highest BCUT2D eigenvalue weighted by molar-refractivity contribution is 7.80. The lowest BCUT2D eigenvalue weighted by Gasteiger charge is -2.24. The molecule has 60 valence electrons. The summed E-state index contributed by atoms with van der Waals surface area (Å²) in [7, 11) is 3.94. The molecular weight excluding hydrogens is 146 g/mol. The first kappa shape index (κ1) is 9.85. The van der Waals surface area contributed by atoms with Crippen LogP contribution in [-0.4, -0.2) is 35.2 Å². The van der Waals surface area contributed by atoms with E-state index in [0.29, 0.717) is 6.04 Å². The Bertz CT molecular complexity index is 125. The highest BCUT2D eigenvalue weighted by Crippen LogP contribution is 2.07. The molecule has 0 aliphatic rings. The molecule has 1 N–H and O–H groups in total. The van der Waals surface area contributed by atoms with E-state index >= 15 is 0 Å². The molecule has 0 fully saturated rings. The quantitative estimate of drug-likeness (QED) is 0.634. The minimum absolute atomic E-state index is 0.0741. The zero-order chi connectivity index (χ0) is 8.31. The monoisotopic (exact) mass is 161 g/mol. The van der Waals surface area contributed by atoms with Crippen LogP contribution in [0.5, 0.6) is 0 Å². The molecule has 0 aromatic rings. The fourth-order valence-corrected chi connectivity index (χ4v) is 0.850. The summed E-state index contributed by atoms with van der Waals surface area (Å²) in [4.78, 5) is 2.03. The van der Waals surface area contributed by atoms with Crippen molar-refractivity contribution in [2.75, 3.05) is 14.1 Å². The summed E-state index contributed by atoms with van der Waals surface area (Å²) in [5.74, 6) is 0.0741. The number of thiocarbonyl (C=S) groups is 1. The molecule has 0 saturated carbocycles. The number of aliphatic hydroxyl groups is 1. The highest BCUT2D eigenvalue weighted by atomic mass is 32.1. The molecule has 0 heterocycles. The molecule has 0 aliphatic heterocycles. The molecular formula is C7H15NOS. The summed E-state index contributed by atoms with van der Waals surface area (Å²) in [6, 6.07) is 0.303. The molecule has 3 heteroatoms. The van der Waals surface area contributed by atoms with Crippen LogP contribution < -0.4 is 0 Å². The molecule has 0 aliphatic carbocycles. The van der Waals surface area contributed by atoms with E-state index in [9.17, 15) is 0 Å². The number of rotatable bonds is 3. The summed E-state index contributed by atoms with van der Waals surface area (Å²) >= 11 is 4.64. The minimum atomic E-state index is 0.0741. The zero-order valence-electron chi connectivity index (χ0n) is 6.96. The van der Waals surface area contributed by atoms with Crippen LogP contribution >= 0.6 is 12.2 Å². The second-order valence-corrected chi connectivity index (χ2v) is 3.25. The van der Waals surface area contributed by atoms with Gasteiger partial charge in [0.2, 0.25) is 0 Å². The van der Waals surface area contributed by atoms with Gasteiger partial charge in [-0.3, -0.25) is 0 Å². The normalized spacial score (nSPS) is 16.9. The SMILES string of the molecule is CC(C(O)=S)C(C)N(C)C. The largest absolute Gasteiger partial charge is 0.502 e. The van der Waals surface area contributed by atoms with Gasteiger partial charge in [0, 0.05) is 12.0 Å². The van der Waals surface area contributed by atoms with Crippen LogP contribution in [0.25, 0.3) is 0 Å². The van der Waals surface area contributed by atoms with Crippen LogP contribution in [0.1, 0.15) is 13.8 Å². The topological polar surface area (TPSA) is 23.5 Å². The van der Waals surface area contributed by atoms with Crippen LogP contribution in [0, 0.1) is 5.92 Å². The average Bonchev–Trinajstić information content (AvgIpc) is 1.84. The lowest BCUT2D eigenvalue weighted by molar-refractivity contribution is 0.264. The lowest BCUT2D eigenvalue weighted by atomic mass is 10.0. The van der Waals surface area contributed by atoms with E-state index in [1.165, 1.54) is 0 Å². The Morgan fingerprint density at radius 2 is 1.80 bits per heavy atom. The van der Waals surface area contributed by atoms with E-state index < -0.39 is 0 Å². The maximum Gasteiger partial charge on any atom is 0.160 e. The highest BCUT2D eigenvalue weighted by Gasteiger charge is 2.17. The Morgan fingerprint density at radius 1 is 1.40 bits per heavy atom. The molecule has 0 spiro atoms. The van der Waals surface area contributed by atoms with E-state index in [0.717, 1.165) is 0 Å². The average molecular weight is 161 g/mol.